The molecule has 0 aliphatic heterocycles. The van der Waals surface area contributed by atoms with Crippen molar-refractivity contribution in [3.8, 4) is 0 Å². The Balaban J connectivity index is 1.52. The molecule has 4 heteroatoms. The molecular weight excluding hydrogens is 388 g/mol. The van der Waals surface area contributed by atoms with Crippen molar-refractivity contribution in [1.82, 2.24) is 0 Å². The van der Waals surface area contributed by atoms with E-state index in [9.17, 15) is 9.59 Å². The molecule has 1 atom stereocenters. The number of carbonyl (C=O) groups is 2. The van der Waals surface area contributed by atoms with Crippen LogP contribution in [0.25, 0.3) is 0 Å². The molecule has 3 rings (SSSR count). The lowest BCUT2D eigenvalue weighted by Gasteiger charge is -2.40. The molecule has 4 nitrogen and oxygen atoms in total. The number of hydrogen-bond acceptors (Lipinski definition) is 4. The quantitative estimate of drug-likeness (QED) is 0.389. The highest BCUT2D eigenvalue weighted by Gasteiger charge is 2.36. The van der Waals surface area contributed by atoms with Crippen LogP contribution in [0.3, 0.4) is 0 Å². The van der Waals surface area contributed by atoms with E-state index in [0.29, 0.717) is 42.6 Å². The first-order valence-corrected chi connectivity index (χ1v) is 13.1. The molecule has 0 radical (unpaired) electrons. The summed E-state index contributed by atoms with van der Waals surface area (Å²) in [5.41, 5.74) is 0.595. The van der Waals surface area contributed by atoms with E-state index in [1.54, 1.807) is 0 Å². The zero-order valence-electron chi connectivity index (χ0n) is 20.1. The molecule has 0 bridgehead atoms. The number of carbonyl (C=O) groups excluding carboxylic acids is 2. The first-order valence-electron chi connectivity index (χ1n) is 13.1. The van der Waals surface area contributed by atoms with Gasteiger partial charge in [0.15, 0.2) is 0 Å². The van der Waals surface area contributed by atoms with Crippen molar-refractivity contribution in [2.45, 2.75) is 111 Å². The topological polar surface area (TPSA) is 52.6 Å². The standard InChI is InChI=1S/C27H44O4/c1-4-6-20-7-9-21(10-8-20)22-11-13-23(14-12-22)24-15-16-25(27(29)30-17-5-2)26(18-24)31-19(3)28/h20-24H,4-18H2,1-3H3/t20-,21-,22?,23?,24?. The van der Waals surface area contributed by atoms with Crippen LogP contribution in [-0.4, -0.2) is 18.5 Å². The zero-order chi connectivity index (χ0) is 22.2. The molecule has 1 unspecified atom stereocenters. The van der Waals surface area contributed by atoms with Gasteiger partial charge in [-0.25, -0.2) is 4.79 Å². The van der Waals surface area contributed by atoms with Gasteiger partial charge in [-0.1, -0.05) is 39.5 Å². The Morgan fingerprint density at radius 1 is 0.806 bits per heavy atom. The third-order valence-corrected chi connectivity index (χ3v) is 8.24. The lowest BCUT2D eigenvalue weighted by atomic mass is 9.65. The molecule has 0 N–H and O–H groups in total. The summed E-state index contributed by atoms with van der Waals surface area (Å²) < 4.78 is 10.9. The minimum atomic E-state index is -0.334. The fourth-order valence-electron chi connectivity index (χ4n) is 6.55. The first-order chi connectivity index (χ1) is 15.0. The van der Waals surface area contributed by atoms with Gasteiger partial charge in [-0.05, 0) is 87.4 Å². The number of esters is 2. The van der Waals surface area contributed by atoms with Gasteiger partial charge in [-0.3, -0.25) is 4.79 Å². The largest absolute Gasteiger partial charge is 0.462 e. The van der Waals surface area contributed by atoms with Crippen LogP contribution in [0.5, 0.6) is 0 Å². The molecule has 0 heterocycles. The van der Waals surface area contributed by atoms with Gasteiger partial charge < -0.3 is 9.47 Å². The SMILES string of the molecule is CCCOC(=O)C1=C(OC(C)=O)CC(C2CCC([C@H]3CC[C@H](CCC)CC3)CC2)CC1. The van der Waals surface area contributed by atoms with Gasteiger partial charge in [-0.2, -0.15) is 0 Å². The molecule has 31 heavy (non-hydrogen) atoms. The van der Waals surface area contributed by atoms with E-state index in [2.05, 4.69) is 6.92 Å². The predicted octanol–water partition coefficient (Wildman–Crippen LogP) is 6.97. The van der Waals surface area contributed by atoms with Crippen LogP contribution in [0.2, 0.25) is 0 Å². The van der Waals surface area contributed by atoms with Crippen molar-refractivity contribution in [3.63, 3.8) is 0 Å². The molecule has 3 aliphatic rings. The maximum atomic E-state index is 12.4. The smallest absolute Gasteiger partial charge is 0.337 e. The summed E-state index contributed by atoms with van der Waals surface area (Å²) in [5.74, 6) is 4.05. The maximum absolute atomic E-state index is 12.4. The van der Waals surface area contributed by atoms with E-state index in [1.165, 1.54) is 71.1 Å². The average Bonchev–Trinajstić information content (AvgIpc) is 2.78. The molecule has 0 aromatic rings. The Labute approximate surface area is 189 Å². The van der Waals surface area contributed by atoms with E-state index in [-0.39, 0.29) is 11.9 Å². The molecule has 0 amide bonds. The average molecular weight is 433 g/mol. The van der Waals surface area contributed by atoms with Crippen molar-refractivity contribution in [1.29, 1.82) is 0 Å². The number of rotatable bonds is 8. The molecule has 3 aliphatic carbocycles. The second-order valence-corrected chi connectivity index (χ2v) is 10.4. The van der Waals surface area contributed by atoms with E-state index in [1.807, 2.05) is 6.92 Å². The third-order valence-electron chi connectivity index (χ3n) is 8.24. The predicted molar refractivity (Wildman–Crippen MR) is 123 cm³/mol. The summed E-state index contributed by atoms with van der Waals surface area (Å²) in [7, 11) is 0. The van der Waals surface area contributed by atoms with Crippen molar-refractivity contribution in [3.05, 3.63) is 11.3 Å². The molecule has 2 saturated carbocycles. The highest BCUT2D eigenvalue weighted by molar-refractivity contribution is 5.89. The summed E-state index contributed by atoms with van der Waals surface area (Å²) in [6.45, 7) is 6.14. The van der Waals surface area contributed by atoms with Gasteiger partial charge in [0, 0.05) is 13.3 Å². The van der Waals surface area contributed by atoms with Crippen molar-refractivity contribution >= 4 is 11.9 Å². The van der Waals surface area contributed by atoms with Gasteiger partial charge in [0.05, 0.1) is 12.2 Å². The summed E-state index contributed by atoms with van der Waals surface area (Å²) in [5, 5.41) is 0. The minimum Gasteiger partial charge on any atom is -0.462 e. The van der Waals surface area contributed by atoms with Crippen molar-refractivity contribution in [2.24, 2.45) is 29.6 Å². The van der Waals surface area contributed by atoms with Crippen molar-refractivity contribution < 1.29 is 19.1 Å². The molecule has 176 valence electrons. The molecule has 2 fully saturated rings. The van der Waals surface area contributed by atoms with Gasteiger partial charge in [0.2, 0.25) is 0 Å². The Morgan fingerprint density at radius 2 is 1.39 bits per heavy atom. The van der Waals surface area contributed by atoms with Crippen LogP contribution in [-0.2, 0) is 19.1 Å². The van der Waals surface area contributed by atoms with E-state index >= 15 is 0 Å². The second-order valence-electron chi connectivity index (χ2n) is 10.4. The third kappa shape index (κ3) is 6.83. The van der Waals surface area contributed by atoms with Gasteiger partial charge in [-0.15, -0.1) is 0 Å². The van der Waals surface area contributed by atoms with Crippen LogP contribution >= 0.6 is 0 Å². The summed E-state index contributed by atoms with van der Waals surface area (Å²) in [6, 6.07) is 0. The van der Waals surface area contributed by atoms with Crippen LogP contribution in [0.15, 0.2) is 11.3 Å². The van der Waals surface area contributed by atoms with Gasteiger partial charge in [0.1, 0.15) is 5.76 Å². The highest BCUT2D eigenvalue weighted by Crippen LogP contribution is 2.46. The number of ether oxygens (including phenoxy) is 2. The van der Waals surface area contributed by atoms with Gasteiger partial charge in [0.25, 0.3) is 0 Å². The monoisotopic (exact) mass is 432 g/mol. The van der Waals surface area contributed by atoms with Crippen LogP contribution < -0.4 is 0 Å². The van der Waals surface area contributed by atoms with Crippen molar-refractivity contribution in [2.75, 3.05) is 6.61 Å². The van der Waals surface area contributed by atoms with E-state index in [0.717, 1.165) is 30.6 Å². The first kappa shape index (κ1) is 24.3. The van der Waals surface area contributed by atoms with E-state index < -0.39 is 0 Å². The van der Waals surface area contributed by atoms with E-state index in [4.69, 9.17) is 9.47 Å². The van der Waals surface area contributed by atoms with Crippen LogP contribution in [0, 0.1) is 29.6 Å². The zero-order valence-corrected chi connectivity index (χ0v) is 20.1. The Hall–Kier alpha value is -1.32. The lowest BCUT2D eigenvalue weighted by molar-refractivity contribution is -0.141. The Kier molecular flexibility index (Phi) is 9.47. The minimum absolute atomic E-state index is 0.293. The fourth-order valence-corrected chi connectivity index (χ4v) is 6.55. The Bertz CT molecular complexity index is 621. The molecule has 0 saturated heterocycles. The van der Waals surface area contributed by atoms with Gasteiger partial charge >= 0.3 is 11.9 Å². The molecular formula is C27H44O4. The number of hydrogen-bond donors (Lipinski definition) is 0. The highest BCUT2D eigenvalue weighted by atomic mass is 16.5. The molecule has 0 aromatic carbocycles. The lowest BCUT2D eigenvalue weighted by Crippen LogP contribution is -2.30. The maximum Gasteiger partial charge on any atom is 0.337 e. The second kappa shape index (κ2) is 12.1. The molecule has 0 aromatic heterocycles. The van der Waals surface area contributed by atoms with Crippen LogP contribution in [0.1, 0.15) is 111 Å². The Morgan fingerprint density at radius 3 is 1.94 bits per heavy atom. The summed E-state index contributed by atoms with van der Waals surface area (Å²) in [4.78, 5) is 24.1. The summed E-state index contributed by atoms with van der Waals surface area (Å²) >= 11 is 0. The fraction of sp³-hybridized carbons (Fsp3) is 0.852. The molecule has 0 spiro atoms. The normalized spacial score (nSPS) is 31.9. The van der Waals surface area contributed by atoms with Crippen LogP contribution in [0.4, 0.5) is 0 Å². The summed E-state index contributed by atoms with van der Waals surface area (Å²) in [6.07, 6.45) is 17.1. The number of allylic oxidation sites excluding steroid dienone is 1.